The maximum atomic E-state index is 13.4. The van der Waals surface area contributed by atoms with Crippen LogP contribution in [0.5, 0.6) is 11.5 Å². The van der Waals surface area contributed by atoms with Gasteiger partial charge in [0.1, 0.15) is 25.6 Å². The Balaban J connectivity index is 1.96. The van der Waals surface area contributed by atoms with E-state index in [9.17, 15) is 17.6 Å². The minimum atomic E-state index is -4.14. The van der Waals surface area contributed by atoms with Gasteiger partial charge in [0.15, 0.2) is 11.5 Å². The van der Waals surface area contributed by atoms with Crippen molar-refractivity contribution in [1.29, 1.82) is 0 Å². The van der Waals surface area contributed by atoms with Gasteiger partial charge in [0.25, 0.3) is 10.0 Å². The molecule has 1 atom stereocenters. The molecule has 0 unspecified atom stereocenters. The molecule has 0 spiro atoms. The second-order valence-corrected chi connectivity index (χ2v) is 9.26. The van der Waals surface area contributed by atoms with Crippen molar-refractivity contribution in [2.24, 2.45) is 5.92 Å². The Bertz CT molecular complexity index is 1010. The Hall–Kier alpha value is -2.81. The summed E-state index contributed by atoms with van der Waals surface area (Å²) in [7, 11) is -4.14. The zero-order chi connectivity index (χ0) is 21.9. The molecule has 7 nitrogen and oxygen atoms in total. The molecule has 1 N–H and O–H groups in total. The zero-order valence-electron chi connectivity index (χ0n) is 17.1. The van der Waals surface area contributed by atoms with Crippen molar-refractivity contribution in [2.75, 3.05) is 24.1 Å². The van der Waals surface area contributed by atoms with Crippen LogP contribution < -0.4 is 19.1 Å². The van der Waals surface area contributed by atoms with Crippen molar-refractivity contribution in [2.45, 2.75) is 31.7 Å². The lowest BCUT2D eigenvalue weighted by atomic mass is 10.1. The van der Waals surface area contributed by atoms with Crippen molar-refractivity contribution in [1.82, 2.24) is 5.32 Å². The number of ether oxygens (including phenoxy) is 2. The summed E-state index contributed by atoms with van der Waals surface area (Å²) >= 11 is 0. The van der Waals surface area contributed by atoms with Crippen LogP contribution in [-0.4, -0.2) is 40.1 Å². The highest BCUT2D eigenvalue weighted by Crippen LogP contribution is 2.34. The second-order valence-electron chi connectivity index (χ2n) is 7.39. The van der Waals surface area contributed by atoms with Gasteiger partial charge in [-0.15, -0.1) is 0 Å². The third-order valence-electron chi connectivity index (χ3n) is 4.89. The number of carbonyl (C=O) groups is 1. The summed E-state index contributed by atoms with van der Waals surface area (Å²) < 4.78 is 52.1. The third kappa shape index (κ3) is 4.84. The fourth-order valence-electron chi connectivity index (χ4n) is 2.83. The molecule has 0 aliphatic carbocycles. The van der Waals surface area contributed by atoms with Gasteiger partial charge in [0.05, 0.1) is 10.6 Å². The average molecular weight is 437 g/mol. The van der Waals surface area contributed by atoms with Crippen molar-refractivity contribution in [3.05, 3.63) is 48.3 Å². The van der Waals surface area contributed by atoms with E-state index in [2.05, 4.69) is 5.32 Å². The molecule has 9 heteroatoms. The first-order valence-electron chi connectivity index (χ1n) is 9.66. The van der Waals surface area contributed by atoms with E-state index in [-0.39, 0.29) is 22.5 Å². The summed E-state index contributed by atoms with van der Waals surface area (Å²) in [5, 5.41) is 2.80. The number of halogens is 1. The van der Waals surface area contributed by atoms with Gasteiger partial charge in [-0.05, 0) is 49.2 Å². The van der Waals surface area contributed by atoms with E-state index >= 15 is 0 Å². The normalized spacial score (nSPS) is 14.3. The molecular weight excluding hydrogens is 411 g/mol. The maximum absolute atomic E-state index is 13.4. The maximum Gasteiger partial charge on any atom is 0.264 e. The van der Waals surface area contributed by atoms with Crippen LogP contribution in [0.25, 0.3) is 0 Å². The van der Waals surface area contributed by atoms with Gasteiger partial charge in [-0.25, -0.2) is 12.8 Å². The number of nitrogens with zero attached hydrogens (tertiary/aromatic N) is 1. The highest BCUT2D eigenvalue weighted by atomic mass is 32.2. The van der Waals surface area contributed by atoms with E-state index in [1.807, 2.05) is 20.8 Å². The smallest absolute Gasteiger partial charge is 0.264 e. The molecule has 1 aliphatic heterocycles. The lowest BCUT2D eigenvalue weighted by Gasteiger charge is -2.26. The number of fused-ring (bicyclic) bond motifs is 1. The minimum absolute atomic E-state index is 0.0548. The van der Waals surface area contributed by atoms with Gasteiger partial charge in [-0.1, -0.05) is 13.8 Å². The molecule has 0 fully saturated rings. The van der Waals surface area contributed by atoms with E-state index in [0.29, 0.717) is 24.7 Å². The van der Waals surface area contributed by atoms with E-state index in [0.717, 1.165) is 16.4 Å². The number of carbonyl (C=O) groups excluding carboxylic acids is 1. The van der Waals surface area contributed by atoms with E-state index in [4.69, 9.17) is 9.47 Å². The zero-order valence-corrected chi connectivity index (χ0v) is 17.9. The van der Waals surface area contributed by atoms with Crippen LogP contribution in [0.1, 0.15) is 20.8 Å². The highest BCUT2D eigenvalue weighted by molar-refractivity contribution is 7.92. The first-order valence-corrected chi connectivity index (χ1v) is 11.1. The number of hydrogen-bond donors (Lipinski definition) is 1. The summed E-state index contributed by atoms with van der Waals surface area (Å²) in [6.45, 7) is 6.01. The predicted molar refractivity (Wildman–Crippen MR) is 111 cm³/mol. The molecule has 0 saturated heterocycles. The third-order valence-corrected chi connectivity index (χ3v) is 6.66. The molecule has 2 aromatic rings. The highest BCUT2D eigenvalue weighted by Gasteiger charge is 2.29. The molecule has 0 bridgehead atoms. The number of sulfonamides is 1. The lowest BCUT2D eigenvalue weighted by molar-refractivity contribution is -0.120. The van der Waals surface area contributed by atoms with Crippen molar-refractivity contribution < 1.29 is 27.1 Å². The first kappa shape index (κ1) is 21.9. The fourth-order valence-corrected chi connectivity index (χ4v) is 4.27. The molecule has 0 aromatic heterocycles. The van der Waals surface area contributed by atoms with Crippen molar-refractivity contribution in [3.63, 3.8) is 0 Å². The number of anilines is 1. The van der Waals surface area contributed by atoms with Gasteiger partial charge < -0.3 is 14.8 Å². The summed E-state index contributed by atoms with van der Waals surface area (Å²) in [4.78, 5) is 12.5. The van der Waals surface area contributed by atoms with Crippen molar-refractivity contribution >= 4 is 21.6 Å². The van der Waals surface area contributed by atoms with Crippen LogP contribution in [-0.2, 0) is 14.8 Å². The number of nitrogens with one attached hydrogen (secondary N) is 1. The topological polar surface area (TPSA) is 84.9 Å². The van der Waals surface area contributed by atoms with Crippen LogP contribution in [0, 0.1) is 11.7 Å². The van der Waals surface area contributed by atoms with Crippen LogP contribution >= 0.6 is 0 Å². The summed E-state index contributed by atoms with van der Waals surface area (Å²) in [6.07, 6.45) is 0. The van der Waals surface area contributed by atoms with Gasteiger partial charge in [-0.2, -0.15) is 0 Å². The Morgan fingerprint density at radius 3 is 2.33 bits per heavy atom. The molecule has 162 valence electrons. The Kier molecular flexibility index (Phi) is 6.50. The molecule has 0 saturated carbocycles. The molecule has 0 radical (unpaired) electrons. The molecule has 30 heavy (non-hydrogen) atoms. The van der Waals surface area contributed by atoms with Crippen molar-refractivity contribution in [3.8, 4) is 11.5 Å². The van der Waals surface area contributed by atoms with Gasteiger partial charge >= 0.3 is 0 Å². The van der Waals surface area contributed by atoms with Gasteiger partial charge in [0.2, 0.25) is 5.91 Å². The summed E-state index contributed by atoms with van der Waals surface area (Å²) in [5.74, 6) is -0.00567. The first-order chi connectivity index (χ1) is 14.2. The van der Waals surface area contributed by atoms with Gasteiger partial charge in [0, 0.05) is 12.1 Å². The number of hydrogen-bond acceptors (Lipinski definition) is 5. The second kappa shape index (κ2) is 8.91. The quantitative estimate of drug-likeness (QED) is 0.721. The fraction of sp³-hybridized carbons (Fsp3) is 0.381. The standard InChI is InChI=1S/C21H25FN2O5S/c1-14(2)15(3)23-21(25)13-24(17-6-4-16(22)5-7-17)30(26,27)18-8-9-19-20(12-18)29-11-10-28-19/h4-9,12,14-15H,10-11,13H2,1-3H3,(H,23,25)/t15-/m0/s1. The molecule has 3 rings (SSSR count). The monoisotopic (exact) mass is 436 g/mol. The van der Waals surface area contributed by atoms with Gasteiger partial charge in [-0.3, -0.25) is 9.10 Å². The minimum Gasteiger partial charge on any atom is -0.486 e. The number of benzene rings is 2. The number of rotatable bonds is 7. The largest absolute Gasteiger partial charge is 0.486 e. The average Bonchev–Trinajstić information content (AvgIpc) is 2.72. The summed E-state index contributed by atoms with van der Waals surface area (Å²) in [6, 6.07) is 9.10. The lowest BCUT2D eigenvalue weighted by Crippen LogP contribution is -2.45. The van der Waals surface area contributed by atoms with Crippen LogP contribution in [0.4, 0.5) is 10.1 Å². The summed E-state index contributed by atoms with van der Waals surface area (Å²) in [5.41, 5.74) is 0.179. The molecule has 1 amide bonds. The van der Waals surface area contributed by atoms with E-state index < -0.39 is 28.3 Å². The Morgan fingerprint density at radius 2 is 1.70 bits per heavy atom. The van der Waals surface area contributed by atoms with Crippen LogP contribution in [0.15, 0.2) is 47.4 Å². The van der Waals surface area contributed by atoms with Crippen LogP contribution in [0.2, 0.25) is 0 Å². The number of amides is 1. The van der Waals surface area contributed by atoms with E-state index in [1.54, 1.807) is 0 Å². The molecule has 1 aliphatic rings. The Morgan fingerprint density at radius 1 is 1.07 bits per heavy atom. The predicted octanol–water partition coefficient (Wildman–Crippen LogP) is 2.95. The van der Waals surface area contributed by atoms with Crippen LogP contribution in [0.3, 0.4) is 0 Å². The molecular formula is C21H25FN2O5S. The Labute approximate surface area is 175 Å². The molecule has 1 heterocycles. The molecule has 2 aromatic carbocycles. The SMILES string of the molecule is CC(C)[C@H](C)NC(=O)CN(c1ccc(F)cc1)S(=O)(=O)c1ccc2c(c1)OCCO2. The van der Waals surface area contributed by atoms with E-state index in [1.165, 1.54) is 30.3 Å².